The molecule has 1 saturated heterocycles. The normalized spacial score (nSPS) is 15.6. The number of ether oxygens (including phenoxy) is 1. The maximum Gasteiger partial charge on any atom is 0.173 e. The van der Waals surface area contributed by atoms with Gasteiger partial charge >= 0.3 is 0 Å². The number of benzene rings is 1. The van der Waals surface area contributed by atoms with Gasteiger partial charge in [0.2, 0.25) is 0 Å². The Kier molecular flexibility index (Phi) is 3.54. The largest absolute Gasteiger partial charge is 0.489 e. The number of nitrogens with zero attached hydrogens (tertiary/aromatic N) is 1. The number of anilines is 1. The van der Waals surface area contributed by atoms with Crippen molar-refractivity contribution in [3.05, 3.63) is 23.0 Å². The fourth-order valence-corrected chi connectivity index (χ4v) is 2.24. The van der Waals surface area contributed by atoms with Gasteiger partial charge in [-0.05, 0) is 25.8 Å². The van der Waals surface area contributed by atoms with Gasteiger partial charge in [0.15, 0.2) is 11.6 Å². The predicted octanol–water partition coefficient (Wildman–Crippen LogP) is 3.48. The molecule has 2 nitrogen and oxygen atoms in total. The van der Waals surface area contributed by atoms with Crippen LogP contribution in [0.15, 0.2) is 12.1 Å². The van der Waals surface area contributed by atoms with Crippen molar-refractivity contribution in [2.24, 2.45) is 0 Å². The van der Waals surface area contributed by atoms with Gasteiger partial charge in [0, 0.05) is 24.8 Å². The van der Waals surface area contributed by atoms with E-state index in [1.165, 1.54) is 6.07 Å². The van der Waals surface area contributed by atoms with E-state index in [2.05, 4.69) is 4.90 Å². The lowest BCUT2D eigenvalue weighted by atomic mass is 10.2. The molecule has 2 rings (SSSR count). The van der Waals surface area contributed by atoms with Gasteiger partial charge in [0.05, 0.1) is 11.6 Å². The highest BCUT2D eigenvalue weighted by atomic mass is 35.5. The maximum atomic E-state index is 13.7. The van der Waals surface area contributed by atoms with Gasteiger partial charge in [-0.3, -0.25) is 0 Å². The van der Waals surface area contributed by atoms with Gasteiger partial charge in [0.1, 0.15) is 0 Å². The summed E-state index contributed by atoms with van der Waals surface area (Å²) >= 11 is 6.00. The third-order valence-electron chi connectivity index (χ3n) is 2.74. The van der Waals surface area contributed by atoms with E-state index < -0.39 is 0 Å². The number of hydrogen-bond acceptors (Lipinski definition) is 2. The molecule has 1 aliphatic rings. The molecule has 1 aromatic rings. The van der Waals surface area contributed by atoms with Crippen molar-refractivity contribution in [2.75, 3.05) is 24.6 Å². The van der Waals surface area contributed by atoms with Crippen LogP contribution in [0.5, 0.6) is 5.75 Å². The molecule has 1 fully saturated rings. The van der Waals surface area contributed by atoms with Gasteiger partial charge < -0.3 is 9.64 Å². The quantitative estimate of drug-likeness (QED) is 0.806. The molecule has 0 radical (unpaired) electrons. The Labute approximate surface area is 100.0 Å². The number of hydrogen-bond donors (Lipinski definition) is 0. The Bertz CT molecular complexity index is 354. The first-order valence-corrected chi connectivity index (χ1v) is 5.97. The van der Waals surface area contributed by atoms with Gasteiger partial charge in [-0.15, -0.1) is 0 Å². The van der Waals surface area contributed by atoms with E-state index >= 15 is 0 Å². The standard InChI is InChI=1S/C12H15ClFNO/c1-2-16-12-10(13)7-9(8-11(12)14)15-5-3-4-6-15/h7-8H,2-6H2,1H3. The zero-order valence-corrected chi connectivity index (χ0v) is 10.1. The SMILES string of the molecule is CCOc1c(F)cc(N2CCCC2)cc1Cl. The second kappa shape index (κ2) is 4.91. The first-order chi connectivity index (χ1) is 7.72. The van der Waals surface area contributed by atoms with E-state index in [-0.39, 0.29) is 11.6 Å². The molecule has 1 heterocycles. The van der Waals surface area contributed by atoms with E-state index in [1.807, 2.05) is 6.92 Å². The molecular formula is C12H15ClFNO. The Morgan fingerprint density at radius 2 is 2.06 bits per heavy atom. The summed E-state index contributed by atoms with van der Waals surface area (Å²) in [7, 11) is 0. The predicted molar refractivity (Wildman–Crippen MR) is 64.0 cm³/mol. The van der Waals surface area contributed by atoms with Crippen LogP contribution in [-0.4, -0.2) is 19.7 Å². The summed E-state index contributed by atoms with van der Waals surface area (Å²) in [6, 6.07) is 3.28. The molecule has 0 aromatic heterocycles. The second-order valence-corrected chi connectivity index (χ2v) is 4.27. The Hall–Kier alpha value is -0.960. The molecule has 4 heteroatoms. The van der Waals surface area contributed by atoms with Crippen molar-refractivity contribution in [3.8, 4) is 5.75 Å². The molecule has 0 spiro atoms. The van der Waals surface area contributed by atoms with Crippen LogP contribution >= 0.6 is 11.6 Å². The van der Waals surface area contributed by atoms with E-state index in [0.29, 0.717) is 11.6 Å². The summed E-state index contributed by atoms with van der Waals surface area (Å²) in [5.41, 5.74) is 0.850. The highest BCUT2D eigenvalue weighted by Crippen LogP contribution is 2.33. The van der Waals surface area contributed by atoms with Crippen molar-refractivity contribution in [2.45, 2.75) is 19.8 Å². The third-order valence-corrected chi connectivity index (χ3v) is 3.02. The molecule has 0 N–H and O–H groups in total. The third kappa shape index (κ3) is 2.24. The lowest BCUT2D eigenvalue weighted by Crippen LogP contribution is -2.17. The van der Waals surface area contributed by atoms with Gasteiger partial charge in [-0.2, -0.15) is 0 Å². The molecular weight excluding hydrogens is 229 g/mol. The molecule has 0 aliphatic carbocycles. The molecule has 0 amide bonds. The van der Waals surface area contributed by atoms with E-state index in [4.69, 9.17) is 16.3 Å². The van der Waals surface area contributed by atoms with Crippen LogP contribution < -0.4 is 9.64 Å². The summed E-state index contributed by atoms with van der Waals surface area (Å²) in [4.78, 5) is 2.14. The summed E-state index contributed by atoms with van der Waals surface area (Å²) < 4.78 is 18.9. The molecule has 0 unspecified atom stereocenters. The minimum absolute atomic E-state index is 0.159. The van der Waals surface area contributed by atoms with Gasteiger partial charge in [-0.25, -0.2) is 4.39 Å². The van der Waals surface area contributed by atoms with Crippen molar-refractivity contribution in [1.29, 1.82) is 0 Å². The molecule has 16 heavy (non-hydrogen) atoms. The zero-order valence-electron chi connectivity index (χ0n) is 9.30. The first kappa shape index (κ1) is 11.5. The average molecular weight is 244 g/mol. The fourth-order valence-electron chi connectivity index (χ4n) is 1.99. The molecule has 1 aliphatic heterocycles. The Morgan fingerprint density at radius 1 is 1.38 bits per heavy atom. The van der Waals surface area contributed by atoms with Crippen molar-refractivity contribution >= 4 is 17.3 Å². The van der Waals surface area contributed by atoms with Crippen LogP contribution in [0.1, 0.15) is 19.8 Å². The van der Waals surface area contributed by atoms with Crippen LogP contribution in [0.2, 0.25) is 5.02 Å². The van der Waals surface area contributed by atoms with Gasteiger partial charge in [-0.1, -0.05) is 11.6 Å². The van der Waals surface area contributed by atoms with E-state index in [1.54, 1.807) is 6.07 Å². The minimum atomic E-state index is -0.378. The van der Waals surface area contributed by atoms with Crippen LogP contribution in [0.4, 0.5) is 10.1 Å². The number of halogens is 2. The maximum absolute atomic E-state index is 13.7. The van der Waals surface area contributed by atoms with E-state index in [9.17, 15) is 4.39 Å². The lowest BCUT2D eigenvalue weighted by molar-refractivity contribution is 0.322. The smallest absolute Gasteiger partial charge is 0.173 e. The van der Waals surface area contributed by atoms with Crippen LogP contribution in [0, 0.1) is 5.82 Å². The van der Waals surface area contributed by atoms with E-state index in [0.717, 1.165) is 31.6 Å². The molecule has 0 atom stereocenters. The lowest BCUT2D eigenvalue weighted by Gasteiger charge is -2.19. The van der Waals surface area contributed by atoms with Crippen LogP contribution in [0.3, 0.4) is 0 Å². The second-order valence-electron chi connectivity index (χ2n) is 3.87. The highest BCUT2D eigenvalue weighted by molar-refractivity contribution is 6.32. The monoisotopic (exact) mass is 243 g/mol. The van der Waals surface area contributed by atoms with Crippen LogP contribution in [0.25, 0.3) is 0 Å². The summed E-state index contributed by atoms with van der Waals surface area (Å²) in [5, 5.41) is 0.351. The summed E-state index contributed by atoms with van der Waals surface area (Å²) in [5.74, 6) is -0.219. The average Bonchev–Trinajstić information content (AvgIpc) is 2.76. The molecule has 1 aromatic carbocycles. The highest BCUT2D eigenvalue weighted by Gasteiger charge is 2.17. The topological polar surface area (TPSA) is 12.5 Å². The Morgan fingerprint density at radius 3 is 2.62 bits per heavy atom. The number of rotatable bonds is 3. The van der Waals surface area contributed by atoms with Crippen LogP contribution in [-0.2, 0) is 0 Å². The zero-order chi connectivity index (χ0) is 11.5. The Balaban J connectivity index is 2.28. The van der Waals surface area contributed by atoms with Gasteiger partial charge in [0.25, 0.3) is 0 Å². The molecule has 0 saturated carbocycles. The molecule has 88 valence electrons. The van der Waals surface area contributed by atoms with Crippen molar-refractivity contribution < 1.29 is 9.13 Å². The first-order valence-electron chi connectivity index (χ1n) is 5.59. The summed E-state index contributed by atoms with van der Waals surface area (Å²) in [6.07, 6.45) is 2.32. The molecule has 0 bridgehead atoms. The summed E-state index contributed by atoms with van der Waals surface area (Å²) in [6.45, 7) is 4.18. The fraction of sp³-hybridized carbons (Fsp3) is 0.500. The van der Waals surface area contributed by atoms with Crippen molar-refractivity contribution in [1.82, 2.24) is 0 Å². The minimum Gasteiger partial charge on any atom is -0.489 e. The van der Waals surface area contributed by atoms with Crippen molar-refractivity contribution in [3.63, 3.8) is 0 Å².